The second-order valence-corrected chi connectivity index (χ2v) is 3.57. The van der Waals surface area contributed by atoms with Crippen LogP contribution in [0.15, 0.2) is 24.3 Å². The quantitative estimate of drug-likeness (QED) is 0.740. The maximum absolute atomic E-state index is 13.2. The Morgan fingerprint density at radius 2 is 1.83 bits per heavy atom. The molecule has 1 aromatic carbocycles. The fraction of sp³-hybridized carbons (Fsp3) is 0.250. The number of hydrogen-bond donors (Lipinski definition) is 2. The van der Waals surface area contributed by atoms with Gasteiger partial charge in [-0.2, -0.15) is 0 Å². The van der Waals surface area contributed by atoms with Crippen molar-refractivity contribution in [2.75, 3.05) is 6.54 Å². The molecule has 1 aromatic rings. The highest BCUT2D eigenvalue weighted by Crippen LogP contribution is 2.06. The van der Waals surface area contributed by atoms with Crippen molar-refractivity contribution in [1.82, 2.24) is 5.32 Å². The Balaban J connectivity index is 2.45. The summed E-state index contributed by atoms with van der Waals surface area (Å²) in [6.07, 6.45) is -0.514. The monoisotopic (exact) mass is 253 g/mol. The van der Waals surface area contributed by atoms with Gasteiger partial charge in [0.25, 0.3) is 0 Å². The van der Waals surface area contributed by atoms with Crippen LogP contribution in [0.2, 0.25) is 0 Å². The summed E-state index contributed by atoms with van der Waals surface area (Å²) in [5.41, 5.74) is -0.101. The number of benzene rings is 1. The standard InChI is InChI=1S/C12H12FNO4/c13-9-4-2-1-3-8(9)10(15)7-14-11(16)5-6-12(17)18/h1-4H,5-7H2,(H,14,16)(H,17,18). The Labute approximate surface area is 103 Å². The lowest BCUT2D eigenvalue weighted by Gasteiger charge is -2.04. The van der Waals surface area contributed by atoms with Crippen LogP contribution in [0.25, 0.3) is 0 Å². The number of ketones is 1. The van der Waals surface area contributed by atoms with Gasteiger partial charge in [0.05, 0.1) is 18.5 Å². The molecule has 0 saturated heterocycles. The first-order valence-corrected chi connectivity index (χ1v) is 5.27. The van der Waals surface area contributed by atoms with Crippen LogP contribution in [0.5, 0.6) is 0 Å². The van der Waals surface area contributed by atoms with Crippen molar-refractivity contribution >= 4 is 17.7 Å². The molecule has 5 nitrogen and oxygen atoms in total. The smallest absolute Gasteiger partial charge is 0.303 e. The molecule has 96 valence electrons. The third-order valence-electron chi connectivity index (χ3n) is 2.19. The maximum Gasteiger partial charge on any atom is 0.303 e. The third-order valence-corrected chi connectivity index (χ3v) is 2.19. The number of aliphatic carboxylic acids is 1. The van der Waals surface area contributed by atoms with Crippen LogP contribution in [-0.4, -0.2) is 29.3 Å². The van der Waals surface area contributed by atoms with Crippen molar-refractivity contribution in [2.24, 2.45) is 0 Å². The van der Waals surface area contributed by atoms with E-state index in [2.05, 4.69) is 5.32 Å². The number of rotatable bonds is 6. The van der Waals surface area contributed by atoms with E-state index in [4.69, 9.17) is 5.11 Å². The minimum atomic E-state index is -1.09. The first-order chi connectivity index (χ1) is 8.50. The van der Waals surface area contributed by atoms with Crippen LogP contribution >= 0.6 is 0 Å². The predicted octanol–water partition coefficient (Wildman–Crippen LogP) is 0.989. The summed E-state index contributed by atoms with van der Waals surface area (Å²) in [5.74, 6) is -2.85. The Morgan fingerprint density at radius 3 is 2.44 bits per heavy atom. The van der Waals surface area contributed by atoms with Crippen molar-refractivity contribution in [2.45, 2.75) is 12.8 Å². The lowest BCUT2D eigenvalue weighted by Crippen LogP contribution is -2.30. The number of Topliss-reactive ketones (excluding diaryl/α,β-unsaturated/α-hetero) is 1. The highest BCUT2D eigenvalue weighted by molar-refractivity contribution is 5.99. The average molecular weight is 253 g/mol. The molecule has 0 fully saturated rings. The molecule has 6 heteroatoms. The largest absolute Gasteiger partial charge is 0.481 e. The van der Waals surface area contributed by atoms with E-state index < -0.39 is 23.5 Å². The molecule has 0 aliphatic heterocycles. The first-order valence-electron chi connectivity index (χ1n) is 5.27. The molecule has 1 rings (SSSR count). The minimum Gasteiger partial charge on any atom is -0.481 e. The van der Waals surface area contributed by atoms with Gasteiger partial charge in [0.15, 0.2) is 5.78 Å². The number of hydrogen-bond acceptors (Lipinski definition) is 3. The van der Waals surface area contributed by atoms with Gasteiger partial charge in [0, 0.05) is 6.42 Å². The summed E-state index contributed by atoms with van der Waals surface area (Å²) in [4.78, 5) is 32.9. The highest BCUT2D eigenvalue weighted by Gasteiger charge is 2.12. The molecule has 0 aliphatic carbocycles. The summed E-state index contributed by atoms with van der Waals surface area (Å²) in [5, 5.41) is 10.6. The number of carbonyl (C=O) groups excluding carboxylic acids is 2. The fourth-order valence-corrected chi connectivity index (χ4v) is 1.27. The molecule has 0 radical (unpaired) electrons. The Hall–Kier alpha value is -2.24. The van der Waals surface area contributed by atoms with Crippen LogP contribution < -0.4 is 5.32 Å². The number of nitrogens with one attached hydrogen (secondary N) is 1. The molecule has 0 unspecified atom stereocenters. The summed E-state index contributed by atoms with van der Waals surface area (Å²) in [6.45, 7) is -0.348. The van der Waals surface area contributed by atoms with Crippen molar-refractivity contribution in [3.63, 3.8) is 0 Å². The summed E-state index contributed by atoms with van der Waals surface area (Å²) in [7, 11) is 0. The van der Waals surface area contributed by atoms with Crippen LogP contribution in [0.1, 0.15) is 23.2 Å². The van der Waals surface area contributed by atoms with E-state index in [1.165, 1.54) is 18.2 Å². The Morgan fingerprint density at radius 1 is 1.17 bits per heavy atom. The second-order valence-electron chi connectivity index (χ2n) is 3.57. The topological polar surface area (TPSA) is 83.5 Å². The zero-order valence-corrected chi connectivity index (χ0v) is 9.48. The molecule has 0 heterocycles. The van der Waals surface area contributed by atoms with E-state index >= 15 is 0 Å². The van der Waals surface area contributed by atoms with Gasteiger partial charge in [-0.3, -0.25) is 14.4 Å². The van der Waals surface area contributed by atoms with Gasteiger partial charge in [0.2, 0.25) is 5.91 Å². The van der Waals surface area contributed by atoms with E-state index in [1.54, 1.807) is 0 Å². The van der Waals surface area contributed by atoms with Gasteiger partial charge in [-0.25, -0.2) is 4.39 Å². The first kappa shape index (κ1) is 13.8. The van der Waals surface area contributed by atoms with E-state index in [9.17, 15) is 18.8 Å². The number of halogens is 1. The molecule has 18 heavy (non-hydrogen) atoms. The summed E-state index contributed by atoms with van der Waals surface area (Å²) < 4.78 is 13.2. The molecule has 0 aliphatic rings. The predicted molar refractivity (Wildman–Crippen MR) is 60.6 cm³/mol. The van der Waals surface area contributed by atoms with Gasteiger partial charge < -0.3 is 10.4 Å². The van der Waals surface area contributed by atoms with Gasteiger partial charge in [0.1, 0.15) is 5.82 Å². The Kier molecular flexibility index (Phi) is 4.98. The number of carbonyl (C=O) groups is 3. The molecule has 0 atom stereocenters. The van der Waals surface area contributed by atoms with E-state index in [0.29, 0.717) is 0 Å². The van der Waals surface area contributed by atoms with Crippen LogP contribution in [0.3, 0.4) is 0 Å². The summed E-state index contributed by atoms with van der Waals surface area (Å²) in [6, 6.07) is 5.45. The van der Waals surface area contributed by atoms with Gasteiger partial charge in [-0.05, 0) is 12.1 Å². The van der Waals surface area contributed by atoms with Crippen molar-refractivity contribution < 1.29 is 23.9 Å². The number of carboxylic acid groups (broad SMARTS) is 1. The fourth-order valence-electron chi connectivity index (χ4n) is 1.27. The van der Waals surface area contributed by atoms with Gasteiger partial charge in [-0.15, -0.1) is 0 Å². The average Bonchev–Trinajstić information content (AvgIpc) is 2.34. The molecule has 1 amide bonds. The van der Waals surface area contributed by atoms with E-state index in [-0.39, 0.29) is 24.9 Å². The van der Waals surface area contributed by atoms with Crippen molar-refractivity contribution in [3.8, 4) is 0 Å². The molecule has 0 saturated carbocycles. The van der Waals surface area contributed by atoms with Crippen LogP contribution in [0, 0.1) is 5.82 Å². The van der Waals surface area contributed by atoms with Crippen LogP contribution in [0.4, 0.5) is 4.39 Å². The molecule has 0 spiro atoms. The maximum atomic E-state index is 13.2. The third kappa shape index (κ3) is 4.32. The molecular formula is C12H12FNO4. The molecule has 2 N–H and O–H groups in total. The van der Waals surface area contributed by atoms with Crippen molar-refractivity contribution in [1.29, 1.82) is 0 Å². The number of carboxylic acids is 1. The molecule has 0 aromatic heterocycles. The minimum absolute atomic E-state index is 0.101. The van der Waals surface area contributed by atoms with Crippen LogP contribution in [-0.2, 0) is 9.59 Å². The van der Waals surface area contributed by atoms with Gasteiger partial charge >= 0.3 is 5.97 Å². The van der Waals surface area contributed by atoms with Gasteiger partial charge in [-0.1, -0.05) is 12.1 Å². The zero-order valence-electron chi connectivity index (χ0n) is 9.48. The SMILES string of the molecule is O=C(O)CCC(=O)NCC(=O)c1ccccc1F. The second kappa shape index (κ2) is 6.48. The van der Waals surface area contributed by atoms with E-state index in [1.807, 2.05) is 0 Å². The lowest BCUT2D eigenvalue weighted by atomic mass is 10.1. The molecular weight excluding hydrogens is 241 g/mol. The number of amides is 1. The van der Waals surface area contributed by atoms with E-state index in [0.717, 1.165) is 6.07 Å². The molecule has 0 bridgehead atoms. The lowest BCUT2D eigenvalue weighted by molar-refractivity contribution is -0.138. The summed E-state index contributed by atoms with van der Waals surface area (Å²) >= 11 is 0. The zero-order chi connectivity index (χ0) is 13.5. The highest BCUT2D eigenvalue weighted by atomic mass is 19.1. The Bertz CT molecular complexity index is 473. The normalized spacial score (nSPS) is 9.83. The van der Waals surface area contributed by atoms with Crippen molar-refractivity contribution in [3.05, 3.63) is 35.6 Å².